The van der Waals surface area contributed by atoms with Crippen molar-refractivity contribution in [1.82, 2.24) is 0 Å². The highest BCUT2D eigenvalue weighted by Crippen LogP contribution is 2.29. The molecule has 21 heavy (non-hydrogen) atoms. The highest BCUT2D eigenvalue weighted by atomic mass is 79.9. The Labute approximate surface area is 140 Å². The molecule has 0 aromatic heterocycles. The number of benzene rings is 2. The summed E-state index contributed by atoms with van der Waals surface area (Å²) >= 11 is 7.00. The monoisotopic (exact) mass is 411 g/mol. The molecule has 0 atom stereocenters. The third-order valence-electron chi connectivity index (χ3n) is 3.13. The minimum Gasteiger partial charge on any atom is -0.409 e. The molecule has 0 aliphatic carbocycles. The maximum Gasteiger partial charge on any atom is 0.173 e. The Morgan fingerprint density at radius 3 is 2.48 bits per heavy atom. The topological polar surface area (TPSA) is 61.8 Å². The van der Waals surface area contributed by atoms with Crippen molar-refractivity contribution in [3.05, 3.63) is 62.5 Å². The summed E-state index contributed by atoms with van der Waals surface area (Å²) in [5, 5.41) is 12.1. The largest absolute Gasteiger partial charge is 0.409 e. The highest BCUT2D eigenvalue weighted by molar-refractivity contribution is 9.10. The quantitative estimate of drug-likeness (QED) is 0.346. The van der Waals surface area contributed by atoms with Crippen LogP contribution in [0.25, 0.3) is 0 Å². The minimum absolute atomic E-state index is 0.0800. The standard InChI is InChI=1S/C15H15Br2N3O/c1-20(9-10-5-2-3-6-11(10)16)13-8-4-7-12(17)14(13)15(18)19-21/h2-8,21H,9H2,1H3,(H2,18,19). The van der Waals surface area contributed by atoms with Crippen LogP contribution in [0.2, 0.25) is 0 Å². The summed E-state index contributed by atoms with van der Waals surface area (Å²) in [4.78, 5) is 2.05. The van der Waals surface area contributed by atoms with E-state index in [1.54, 1.807) is 0 Å². The molecule has 2 rings (SSSR count). The highest BCUT2D eigenvalue weighted by Gasteiger charge is 2.15. The fourth-order valence-corrected chi connectivity index (χ4v) is 3.07. The molecular formula is C15H15Br2N3O. The predicted molar refractivity (Wildman–Crippen MR) is 92.9 cm³/mol. The van der Waals surface area contributed by atoms with Crippen LogP contribution in [0.5, 0.6) is 0 Å². The van der Waals surface area contributed by atoms with Crippen LogP contribution in [-0.2, 0) is 6.54 Å². The van der Waals surface area contributed by atoms with Gasteiger partial charge in [-0.3, -0.25) is 0 Å². The molecule has 0 spiro atoms. The lowest BCUT2D eigenvalue weighted by molar-refractivity contribution is 0.318. The average Bonchev–Trinajstić information content (AvgIpc) is 2.48. The summed E-state index contributed by atoms with van der Waals surface area (Å²) in [6.07, 6.45) is 0. The van der Waals surface area contributed by atoms with Crippen molar-refractivity contribution in [3.63, 3.8) is 0 Å². The summed E-state index contributed by atoms with van der Waals surface area (Å²) in [6.45, 7) is 0.698. The number of hydrogen-bond acceptors (Lipinski definition) is 3. The van der Waals surface area contributed by atoms with Gasteiger partial charge in [-0.15, -0.1) is 0 Å². The summed E-state index contributed by atoms with van der Waals surface area (Å²) in [5.74, 6) is 0.0800. The van der Waals surface area contributed by atoms with Gasteiger partial charge >= 0.3 is 0 Å². The molecule has 110 valence electrons. The fraction of sp³-hybridized carbons (Fsp3) is 0.133. The number of anilines is 1. The van der Waals surface area contributed by atoms with Crippen LogP contribution >= 0.6 is 31.9 Å². The molecule has 0 aliphatic rings. The van der Waals surface area contributed by atoms with Gasteiger partial charge in [0.05, 0.1) is 5.56 Å². The summed E-state index contributed by atoms with van der Waals surface area (Å²) in [7, 11) is 1.97. The third kappa shape index (κ3) is 3.57. The lowest BCUT2D eigenvalue weighted by atomic mass is 10.1. The van der Waals surface area contributed by atoms with Gasteiger partial charge in [0, 0.05) is 28.2 Å². The van der Waals surface area contributed by atoms with Gasteiger partial charge in [0.15, 0.2) is 5.84 Å². The number of nitrogens with two attached hydrogens (primary N) is 1. The van der Waals surface area contributed by atoms with Gasteiger partial charge in [-0.25, -0.2) is 0 Å². The van der Waals surface area contributed by atoms with Crippen LogP contribution in [0.1, 0.15) is 11.1 Å². The van der Waals surface area contributed by atoms with E-state index in [0.717, 1.165) is 20.2 Å². The number of nitrogens with zero attached hydrogens (tertiary/aromatic N) is 2. The van der Waals surface area contributed by atoms with Crippen molar-refractivity contribution < 1.29 is 5.21 Å². The predicted octanol–water partition coefficient (Wildman–Crippen LogP) is 3.94. The van der Waals surface area contributed by atoms with Crippen LogP contribution in [0.15, 0.2) is 56.6 Å². The Morgan fingerprint density at radius 1 is 1.14 bits per heavy atom. The maximum absolute atomic E-state index is 8.97. The molecule has 0 aliphatic heterocycles. The van der Waals surface area contributed by atoms with Crippen LogP contribution in [0.4, 0.5) is 5.69 Å². The van der Waals surface area contributed by atoms with Gasteiger partial charge in [-0.1, -0.05) is 45.4 Å². The molecule has 0 saturated carbocycles. The van der Waals surface area contributed by atoms with Crippen LogP contribution in [0, 0.1) is 0 Å². The van der Waals surface area contributed by atoms with Crippen molar-refractivity contribution in [2.24, 2.45) is 10.9 Å². The zero-order valence-electron chi connectivity index (χ0n) is 11.4. The van der Waals surface area contributed by atoms with E-state index in [0.29, 0.717) is 12.1 Å². The van der Waals surface area contributed by atoms with Crippen LogP contribution in [0.3, 0.4) is 0 Å². The molecule has 2 aromatic carbocycles. The molecule has 6 heteroatoms. The normalized spacial score (nSPS) is 11.5. The van der Waals surface area contributed by atoms with Gasteiger partial charge in [0.1, 0.15) is 0 Å². The molecule has 0 radical (unpaired) electrons. The van der Waals surface area contributed by atoms with E-state index in [4.69, 9.17) is 10.9 Å². The molecule has 0 unspecified atom stereocenters. The van der Waals surface area contributed by atoms with Crippen molar-refractivity contribution in [2.75, 3.05) is 11.9 Å². The van der Waals surface area contributed by atoms with Crippen LogP contribution in [-0.4, -0.2) is 18.1 Å². The number of oxime groups is 1. The lowest BCUT2D eigenvalue weighted by Crippen LogP contribution is -2.23. The zero-order chi connectivity index (χ0) is 15.4. The zero-order valence-corrected chi connectivity index (χ0v) is 14.6. The summed E-state index contributed by atoms with van der Waals surface area (Å²) < 4.78 is 1.84. The van der Waals surface area contributed by atoms with Gasteiger partial charge in [-0.05, 0) is 39.7 Å². The number of halogens is 2. The molecule has 4 nitrogen and oxygen atoms in total. The summed E-state index contributed by atoms with van der Waals surface area (Å²) in [6, 6.07) is 13.8. The van der Waals surface area contributed by atoms with Gasteiger partial charge in [-0.2, -0.15) is 0 Å². The Kier molecular flexibility index (Phi) is 5.25. The van der Waals surface area contributed by atoms with E-state index < -0.39 is 0 Å². The smallest absolute Gasteiger partial charge is 0.173 e. The SMILES string of the molecule is CN(Cc1ccccc1Br)c1cccc(Br)c1/C(N)=N/O. The Bertz CT molecular complexity index is 674. The van der Waals surface area contributed by atoms with E-state index in [1.165, 1.54) is 0 Å². The van der Waals surface area contributed by atoms with Crippen molar-refractivity contribution in [2.45, 2.75) is 6.54 Å². The molecule has 0 fully saturated rings. The molecular weight excluding hydrogens is 398 g/mol. The molecule has 0 heterocycles. The first-order chi connectivity index (χ1) is 10.0. The molecule has 0 saturated heterocycles. The Hall–Kier alpha value is -1.53. The Morgan fingerprint density at radius 2 is 1.81 bits per heavy atom. The first kappa shape index (κ1) is 15.9. The van der Waals surface area contributed by atoms with E-state index in [-0.39, 0.29) is 5.84 Å². The minimum atomic E-state index is 0.0800. The second-order valence-electron chi connectivity index (χ2n) is 4.57. The van der Waals surface area contributed by atoms with E-state index in [2.05, 4.69) is 48.0 Å². The molecule has 0 amide bonds. The number of rotatable bonds is 4. The van der Waals surface area contributed by atoms with E-state index >= 15 is 0 Å². The summed E-state index contributed by atoms with van der Waals surface area (Å²) in [5.41, 5.74) is 8.51. The maximum atomic E-state index is 8.97. The van der Waals surface area contributed by atoms with Gasteiger partial charge in [0.25, 0.3) is 0 Å². The lowest BCUT2D eigenvalue weighted by Gasteiger charge is -2.23. The van der Waals surface area contributed by atoms with E-state index in [9.17, 15) is 0 Å². The van der Waals surface area contributed by atoms with Crippen molar-refractivity contribution >= 4 is 43.4 Å². The van der Waals surface area contributed by atoms with Gasteiger partial charge in [0.2, 0.25) is 0 Å². The van der Waals surface area contributed by atoms with Gasteiger partial charge < -0.3 is 15.8 Å². The molecule has 3 N–H and O–H groups in total. The second-order valence-corrected chi connectivity index (χ2v) is 6.28. The number of hydrogen-bond donors (Lipinski definition) is 2. The number of amidine groups is 1. The van der Waals surface area contributed by atoms with Crippen LogP contribution < -0.4 is 10.6 Å². The first-order valence-corrected chi connectivity index (χ1v) is 7.84. The fourth-order valence-electron chi connectivity index (χ4n) is 2.10. The van der Waals surface area contributed by atoms with E-state index in [1.807, 2.05) is 43.4 Å². The second kappa shape index (κ2) is 6.95. The third-order valence-corrected chi connectivity index (χ3v) is 4.57. The first-order valence-electron chi connectivity index (χ1n) is 6.25. The molecule has 2 aromatic rings. The van der Waals surface area contributed by atoms with Crippen molar-refractivity contribution in [1.29, 1.82) is 0 Å². The average molecular weight is 413 g/mol. The Balaban J connectivity index is 2.38. The van der Waals surface area contributed by atoms with Crippen molar-refractivity contribution in [3.8, 4) is 0 Å². The molecule has 0 bridgehead atoms.